The molecule has 1 aliphatic heterocycles. The molecule has 1 heterocycles. The maximum Gasteiger partial charge on any atom is 0.220 e. The van der Waals surface area contributed by atoms with Crippen LogP contribution in [0.25, 0.3) is 0 Å². The fraction of sp³-hybridized carbons (Fsp3) is 0.588. The summed E-state index contributed by atoms with van der Waals surface area (Å²) in [5, 5.41) is 3.19. The quantitative estimate of drug-likeness (QED) is 0.898. The van der Waals surface area contributed by atoms with E-state index < -0.39 is 0 Å². The Bertz CT molecular complexity index is 509. The summed E-state index contributed by atoms with van der Waals surface area (Å²) in [7, 11) is 0. The summed E-state index contributed by atoms with van der Waals surface area (Å²) in [5.74, 6) is 1.37. The number of benzene rings is 1. The molecule has 5 heteroatoms. The van der Waals surface area contributed by atoms with Crippen molar-refractivity contribution < 1.29 is 9.53 Å². The monoisotopic (exact) mass is 324 g/mol. The molecule has 0 bridgehead atoms. The molecule has 3 rings (SSSR count). The lowest BCUT2D eigenvalue weighted by Gasteiger charge is -2.20. The van der Waals surface area contributed by atoms with E-state index in [4.69, 9.17) is 10.5 Å². The summed E-state index contributed by atoms with van der Waals surface area (Å²) in [6, 6.07) is 8.26. The number of nitrogens with one attached hydrogen (secondary N) is 1. The van der Waals surface area contributed by atoms with Crippen LogP contribution in [0.1, 0.15) is 50.1 Å². The summed E-state index contributed by atoms with van der Waals surface area (Å²) in [6.07, 6.45) is 5.74. The van der Waals surface area contributed by atoms with Crippen LogP contribution in [0.3, 0.4) is 0 Å². The van der Waals surface area contributed by atoms with Crippen molar-refractivity contribution in [1.29, 1.82) is 0 Å². The van der Waals surface area contributed by atoms with Gasteiger partial charge in [-0.1, -0.05) is 24.6 Å². The van der Waals surface area contributed by atoms with Gasteiger partial charge in [0.25, 0.3) is 0 Å². The molecule has 0 radical (unpaired) electrons. The number of amides is 1. The molecule has 1 fully saturated rings. The van der Waals surface area contributed by atoms with E-state index in [9.17, 15) is 4.79 Å². The molecule has 0 spiro atoms. The lowest BCUT2D eigenvalue weighted by molar-refractivity contribution is -0.122. The Hall–Kier alpha value is -1.26. The fourth-order valence-electron chi connectivity index (χ4n) is 3.49. The number of rotatable bonds is 3. The van der Waals surface area contributed by atoms with E-state index >= 15 is 0 Å². The normalized spacial score (nSPS) is 27.0. The minimum atomic E-state index is 0. The number of para-hydroxylation sites is 1. The standard InChI is InChI=1S/C17H24N2O2.ClH/c18-14-7-3-5-12(14)11-17(20)19-15-8-4-10-21-16-9-2-1-6-13(15)16;/h1-2,6,9,12,14-15H,3-5,7-8,10-11,18H2,(H,19,20);1H/t12-,14+,15?;/m0./s1. The third-order valence-electron chi connectivity index (χ3n) is 4.69. The molecule has 1 aromatic rings. The molecule has 1 amide bonds. The van der Waals surface area contributed by atoms with Crippen molar-refractivity contribution in [3.05, 3.63) is 29.8 Å². The van der Waals surface area contributed by atoms with Crippen LogP contribution in [0.5, 0.6) is 5.75 Å². The molecule has 1 saturated carbocycles. The first-order valence-corrected chi connectivity index (χ1v) is 8.00. The van der Waals surface area contributed by atoms with Gasteiger partial charge in [0.2, 0.25) is 5.91 Å². The van der Waals surface area contributed by atoms with E-state index in [1.807, 2.05) is 24.3 Å². The highest BCUT2D eigenvalue weighted by Crippen LogP contribution is 2.32. The zero-order valence-electron chi connectivity index (χ0n) is 12.8. The van der Waals surface area contributed by atoms with Gasteiger partial charge in [-0.2, -0.15) is 0 Å². The highest BCUT2D eigenvalue weighted by atomic mass is 35.5. The van der Waals surface area contributed by atoms with Crippen LogP contribution in [-0.2, 0) is 4.79 Å². The summed E-state index contributed by atoms with van der Waals surface area (Å²) in [6.45, 7) is 0.719. The van der Waals surface area contributed by atoms with Crippen molar-refractivity contribution in [2.24, 2.45) is 11.7 Å². The van der Waals surface area contributed by atoms with Gasteiger partial charge in [-0.15, -0.1) is 12.4 Å². The van der Waals surface area contributed by atoms with Crippen LogP contribution < -0.4 is 15.8 Å². The van der Waals surface area contributed by atoms with Crippen molar-refractivity contribution >= 4 is 18.3 Å². The number of ether oxygens (including phenoxy) is 1. The highest BCUT2D eigenvalue weighted by molar-refractivity contribution is 5.85. The van der Waals surface area contributed by atoms with Crippen LogP contribution in [-0.4, -0.2) is 18.6 Å². The Kier molecular flexibility index (Phi) is 6.09. The molecular formula is C17H25ClN2O2. The van der Waals surface area contributed by atoms with Gasteiger partial charge in [0.1, 0.15) is 5.75 Å². The summed E-state index contributed by atoms with van der Waals surface area (Å²) in [5.41, 5.74) is 7.16. The van der Waals surface area contributed by atoms with E-state index in [0.717, 1.165) is 50.0 Å². The molecule has 3 atom stereocenters. The lowest BCUT2D eigenvalue weighted by atomic mass is 9.98. The molecule has 4 nitrogen and oxygen atoms in total. The maximum absolute atomic E-state index is 12.3. The van der Waals surface area contributed by atoms with Gasteiger partial charge in [0.15, 0.2) is 0 Å². The van der Waals surface area contributed by atoms with Gasteiger partial charge >= 0.3 is 0 Å². The second-order valence-electron chi connectivity index (χ2n) is 6.21. The van der Waals surface area contributed by atoms with Gasteiger partial charge in [-0.25, -0.2) is 0 Å². The van der Waals surface area contributed by atoms with Crippen LogP contribution in [0.2, 0.25) is 0 Å². The number of hydrogen-bond donors (Lipinski definition) is 2. The molecule has 1 unspecified atom stereocenters. The second-order valence-corrected chi connectivity index (χ2v) is 6.21. The zero-order valence-corrected chi connectivity index (χ0v) is 13.6. The Balaban J connectivity index is 0.00000176. The Morgan fingerprint density at radius 1 is 1.23 bits per heavy atom. The topological polar surface area (TPSA) is 64.4 Å². The van der Waals surface area contributed by atoms with Gasteiger partial charge in [-0.3, -0.25) is 4.79 Å². The highest BCUT2D eigenvalue weighted by Gasteiger charge is 2.28. The smallest absolute Gasteiger partial charge is 0.220 e. The second kappa shape index (κ2) is 7.84. The van der Waals surface area contributed by atoms with E-state index in [2.05, 4.69) is 5.32 Å². The fourth-order valence-corrected chi connectivity index (χ4v) is 3.49. The number of halogens is 1. The van der Waals surface area contributed by atoms with E-state index in [1.54, 1.807) is 0 Å². The largest absolute Gasteiger partial charge is 0.493 e. The summed E-state index contributed by atoms with van der Waals surface area (Å²) >= 11 is 0. The first-order chi connectivity index (χ1) is 10.2. The van der Waals surface area contributed by atoms with Crippen LogP contribution in [0, 0.1) is 5.92 Å². The first-order valence-electron chi connectivity index (χ1n) is 8.00. The summed E-state index contributed by atoms with van der Waals surface area (Å²) < 4.78 is 5.74. The number of nitrogens with two attached hydrogens (primary N) is 1. The number of carbonyl (C=O) groups excluding carboxylic acids is 1. The van der Waals surface area contributed by atoms with Crippen LogP contribution in [0.4, 0.5) is 0 Å². The predicted molar refractivity (Wildman–Crippen MR) is 89.2 cm³/mol. The van der Waals surface area contributed by atoms with Crippen molar-refractivity contribution in [2.45, 2.75) is 50.6 Å². The maximum atomic E-state index is 12.3. The number of hydrogen-bond acceptors (Lipinski definition) is 3. The van der Waals surface area contributed by atoms with Crippen LogP contribution >= 0.6 is 12.4 Å². The van der Waals surface area contributed by atoms with Crippen molar-refractivity contribution in [3.8, 4) is 5.75 Å². The van der Waals surface area contributed by atoms with Crippen molar-refractivity contribution in [2.75, 3.05) is 6.61 Å². The van der Waals surface area contributed by atoms with Gasteiger partial charge in [0.05, 0.1) is 12.6 Å². The third kappa shape index (κ3) is 3.93. The third-order valence-corrected chi connectivity index (χ3v) is 4.69. The average Bonchev–Trinajstić information content (AvgIpc) is 2.77. The molecule has 3 N–H and O–H groups in total. The Morgan fingerprint density at radius 2 is 2.05 bits per heavy atom. The molecule has 1 aliphatic carbocycles. The van der Waals surface area contributed by atoms with Crippen molar-refractivity contribution in [3.63, 3.8) is 0 Å². The SMILES string of the molecule is Cl.N[C@@H]1CCC[C@H]1CC(=O)NC1CCCOc2ccccc21. The average molecular weight is 325 g/mol. The van der Waals surface area contributed by atoms with E-state index in [1.165, 1.54) is 0 Å². The predicted octanol–water partition coefficient (Wildman–Crippen LogP) is 2.96. The molecule has 0 aromatic heterocycles. The Morgan fingerprint density at radius 3 is 2.82 bits per heavy atom. The van der Waals surface area contributed by atoms with Crippen LogP contribution in [0.15, 0.2) is 24.3 Å². The van der Waals surface area contributed by atoms with Crippen molar-refractivity contribution in [1.82, 2.24) is 5.32 Å². The molecule has 22 heavy (non-hydrogen) atoms. The zero-order chi connectivity index (χ0) is 14.7. The van der Waals surface area contributed by atoms with Gasteiger partial charge in [-0.05, 0) is 37.7 Å². The minimum absolute atomic E-state index is 0. The summed E-state index contributed by atoms with van der Waals surface area (Å²) in [4.78, 5) is 12.3. The van der Waals surface area contributed by atoms with Gasteiger partial charge < -0.3 is 15.8 Å². The molecule has 2 aliphatic rings. The van der Waals surface area contributed by atoms with E-state index in [-0.39, 0.29) is 30.4 Å². The molecule has 122 valence electrons. The number of carbonyl (C=O) groups is 1. The molecule has 0 saturated heterocycles. The lowest BCUT2D eigenvalue weighted by Crippen LogP contribution is -2.33. The van der Waals surface area contributed by atoms with Gasteiger partial charge in [0, 0.05) is 18.0 Å². The van der Waals surface area contributed by atoms with E-state index in [0.29, 0.717) is 12.3 Å². The Labute approximate surface area is 138 Å². The molecule has 1 aromatic carbocycles. The first kappa shape index (κ1) is 17.1. The minimum Gasteiger partial charge on any atom is -0.493 e. The molecular weight excluding hydrogens is 300 g/mol. The number of fused-ring (bicyclic) bond motifs is 1.